The van der Waals surface area contributed by atoms with E-state index in [1.165, 1.54) is 0 Å². The number of hydrogen-bond acceptors (Lipinski definition) is 6. The van der Waals surface area contributed by atoms with Crippen molar-refractivity contribution in [1.82, 2.24) is 15.5 Å². The number of ether oxygens (including phenoxy) is 2. The minimum absolute atomic E-state index is 0.210. The first kappa shape index (κ1) is 16.4. The first-order valence-corrected chi connectivity index (χ1v) is 8.34. The van der Waals surface area contributed by atoms with Gasteiger partial charge in [0, 0.05) is 18.5 Å². The minimum atomic E-state index is -0.244. The number of amides is 1. The maximum absolute atomic E-state index is 12.1. The molecule has 0 saturated heterocycles. The summed E-state index contributed by atoms with van der Waals surface area (Å²) in [5.41, 5.74) is 1.20. The molecule has 132 valence electrons. The van der Waals surface area contributed by atoms with Crippen LogP contribution in [0, 0.1) is 0 Å². The molecule has 0 radical (unpaired) electrons. The average Bonchev–Trinajstić information content (AvgIpc) is 3.30. The second-order valence-electron chi connectivity index (χ2n) is 5.57. The monoisotopic (exact) mass is 371 g/mol. The number of rotatable bonds is 5. The zero-order valence-corrected chi connectivity index (χ0v) is 14.3. The quantitative estimate of drug-likeness (QED) is 0.741. The van der Waals surface area contributed by atoms with Gasteiger partial charge in [0.25, 0.3) is 5.91 Å². The molecular formula is C18H14ClN3O4. The standard InChI is InChI=1S/C18H14ClN3O4/c19-13-4-2-1-3-12(13)18(23)20-8-7-16-21-17(22-26-16)11-5-6-14-15(9-11)25-10-24-14/h1-6,9H,7-8,10H2,(H,20,23). The molecule has 1 aliphatic heterocycles. The molecule has 7 nitrogen and oxygen atoms in total. The summed E-state index contributed by atoms with van der Waals surface area (Å²) in [5.74, 6) is 1.99. The van der Waals surface area contributed by atoms with Crippen LogP contribution in [0.5, 0.6) is 11.5 Å². The highest BCUT2D eigenvalue weighted by Crippen LogP contribution is 2.35. The summed E-state index contributed by atoms with van der Waals surface area (Å²) in [5, 5.41) is 7.16. The van der Waals surface area contributed by atoms with Gasteiger partial charge >= 0.3 is 0 Å². The number of benzene rings is 2. The van der Waals surface area contributed by atoms with Gasteiger partial charge in [0.05, 0.1) is 10.6 Å². The fourth-order valence-corrected chi connectivity index (χ4v) is 2.75. The van der Waals surface area contributed by atoms with E-state index in [0.29, 0.717) is 46.8 Å². The molecule has 8 heteroatoms. The molecule has 2 heterocycles. The van der Waals surface area contributed by atoms with Gasteiger partial charge in [0.1, 0.15) is 0 Å². The van der Waals surface area contributed by atoms with Crippen molar-refractivity contribution < 1.29 is 18.8 Å². The van der Waals surface area contributed by atoms with Crippen LogP contribution >= 0.6 is 11.6 Å². The Morgan fingerprint density at radius 2 is 2.00 bits per heavy atom. The normalized spacial score (nSPS) is 12.2. The van der Waals surface area contributed by atoms with Crippen molar-refractivity contribution in [3.05, 3.63) is 58.9 Å². The largest absolute Gasteiger partial charge is 0.454 e. The van der Waals surface area contributed by atoms with Gasteiger partial charge in [-0.1, -0.05) is 28.9 Å². The predicted molar refractivity (Wildman–Crippen MR) is 93.3 cm³/mol. The highest BCUT2D eigenvalue weighted by Gasteiger charge is 2.16. The van der Waals surface area contributed by atoms with Crippen molar-refractivity contribution in [2.75, 3.05) is 13.3 Å². The van der Waals surface area contributed by atoms with Gasteiger partial charge < -0.3 is 19.3 Å². The SMILES string of the molecule is O=C(NCCc1nc(-c2ccc3c(c2)OCO3)no1)c1ccccc1Cl. The highest BCUT2D eigenvalue weighted by molar-refractivity contribution is 6.33. The van der Waals surface area contributed by atoms with Crippen LogP contribution in [0.1, 0.15) is 16.2 Å². The van der Waals surface area contributed by atoms with E-state index in [4.69, 9.17) is 25.6 Å². The predicted octanol–water partition coefficient (Wildman–Crippen LogP) is 3.09. The van der Waals surface area contributed by atoms with Crippen molar-refractivity contribution >= 4 is 17.5 Å². The van der Waals surface area contributed by atoms with E-state index in [1.807, 2.05) is 6.07 Å². The number of halogens is 1. The lowest BCUT2D eigenvalue weighted by atomic mass is 10.2. The lowest BCUT2D eigenvalue weighted by Gasteiger charge is -2.04. The van der Waals surface area contributed by atoms with Gasteiger partial charge in [-0.15, -0.1) is 0 Å². The van der Waals surface area contributed by atoms with Crippen LogP contribution in [0.4, 0.5) is 0 Å². The molecule has 0 atom stereocenters. The molecule has 0 fully saturated rings. The molecule has 0 bridgehead atoms. The van der Waals surface area contributed by atoms with E-state index in [2.05, 4.69) is 15.5 Å². The number of carbonyl (C=O) groups is 1. The molecule has 1 aromatic heterocycles. The van der Waals surface area contributed by atoms with E-state index < -0.39 is 0 Å². The number of fused-ring (bicyclic) bond motifs is 1. The van der Waals surface area contributed by atoms with Crippen LogP contribution in [-0.2, 0) is 6.42 Å². The Bertz CT molecular complexity index is 957. The Morgan fingerprint density at radius 3 is 2.88 bits per heavy atom. The van der Waals surface area contributed by atoms with Gasteiger partial charge in [0.2, 0.25) is 18.5 Å². The molecule has 26 heavy (non-hydrogen) atoms. The summed E-state index contributed by atoms with van der Waals surface area (Å²) in [6, 6.07) is 12.3. The van der Waals surface area contributed by atoms with Crippen LogP contribution in [0.15, 0.2) is 47.0 Å². The van der Waals surface area contributed by atoms with Gasteiger partial charge in [-0.05, 0) is 30.3 Å². The molecule has 0 saturated carbocycles. The lowest BCUT2D eigenvalue weighted by Crippen LogP contribution is -2.26. The first-order chi connectivity index (χ1) is 12.7. The second-order valence-corrected chi connectivity index (χ2v) is 5.97. The fraction of sp³-hybridized carbons (Fsp3) is 0.167. The number of nitrogens with zero attached hydrogens (tertiary/aromatic N) is 2. The van der Waals surface area contributed by atoms with Crippen LogP contribution in [0.2, 0.25) is 5.02 Å². The molecule has 1 aliphatic rings. The molecule has 0 spiro atoms. The van der Waals surface area contributed by atoms with Crippen LogP contribution in [0.3, 0.4) is 0 Å². The van der Waals surface area contributed by atoms with Gasteiger partial charge in [-0.2, -0.15) is 4.98 Å². The van der Waals surface area contributed by atoms with Crippen molar-refractivity contribution in [3.8, 4) is 22.9 Å². The molecule has 4 rings (SSSR count). The number of hydrogen-bond donors (Lipinski definition) is 1. The lowest BCUT2D eigenvalue weighted by molar-refractivity contribution is 0.0953. The maximum atomic E-state index is 12.1. The zero-order valence-electron chi connectivity index (χ0n) is 13.6. The third-order valence-corrected chi connectivity index (χ3v) is 4.17. The average molecular weight is 372 g/mol. The van der Waals surface area contributed by atoms with Crippen molar-refractivity contribution in [2.45, 2.75) is 6.42 Å². The van der Waals surface area contributed by atoms with Gasteiger partial charge in [0.15, 0.2) is 11.5 Å². The summed E-state index contributed by atoms with van der Waals surface area (Å²) in [4.78, 5) is 16.4. The number of carbonyl (C=O) groups excluding carboxylic acids is 1. The third kappa shape index (κ3) is 3.34. The number of nitrogens with one attached hydrogen (secondary N) is 1. The summed E-state index contributed by atoms with van der Waals surface area (Å²) in [6.45, 7) is 0.564. The van der Waals surface area contributed by atoms with Gasteiger partial charge in [-0.3, -0.25) is 4.79 Å². The fourth-order valence-electron chi connectivity index (χ4n) is 2.53. The topological polar surface area (TPSA) is 86.5 Å². The molecule has 2 aromatic carbocycles. The second kappa shape index (κ2) is 7.05. The van der Waals surface area contributed by atoms with Crippen molar-refractivity contribution in [2.24, 2.45) is 0 Å². The van der Waals surface area contributed by atoms with E-state index in [9.17, 15) is 4.79 Å². The van der Waals surface area contributed by atoms with Crippen molar-refractivity contribution in [3.63, 3.8) is 0 Å². The minimum Gasteiger partial charge on any atom is -0.454 e. The van der Waals surface area contributed by atoms with E-state index in [-0.39, 0.29) is 12.7 Å². The van der Waals surface area contributed by atoms with Gasteiger partial charge in [-0.25, -0.2) is 0 Å². The van der Waals surface area contributed by atoms with Crippen LogP contribution < -0.4 is 14.8 Å². The Hall–Kier alpha value is -3.06. The zero-order chi connectivity index (χ0) is 17.9. The van der Waals surface area contributed by atoms with Crippen molar-refractivity contribution in [1.29, 1.82) is 0 Å². The summed E-state index contributed by atoms with van der Waals surface area (Å²) >= 11 is 6.01. The van der Waals surface area contributed by atoms with E-state index >= 15 is 0 Å². The Morgan fingerprint density at radius 1 is 1.15 bits per heavy atom. The van der Waals surface area contributed by atoms with Crippen LogP contribution in [-0.4, -0.2) is 29.4 Å². The van der Waals surface area contributed by atoms with Crippen LogP contribution in [0.25, 0.3) is 11.4 Å². The summed E-state index contributed by atoms with van der Waals surface area (Å²) < 4.78 is 15.9. The summed E-state index contributed by atoms with van der Waals surface area (Å²) in [6.07, 6.45) is 0.410. The summed E-state index contributed by atoms with van der Waals surface area (Å²) in [7, 11) is 0. The molecule has 0 unspecified atom stereocenters. The highest BCUT2D eigenvalue weighted by atomic mass is 35.5. The molecule has 0 aliphatic carbocycles. The smallest absolute Gasteiger partial charge is 0.252 e. The maximum Gasteiger partial charge on any atom is 0.252 e. The molecule has 1 amide bonds. The van der Waals surface area contributed by atoms with E-state index in [1.54, 1.807) is 36.4 Å². The van der Waals surface area contributed by atoms with E-state index in [0.717, 1.165) is 5.56 Å². The third-order valence-electron chi connectivity index (χ3n) is 3.84. The Kier molecular flexibility index (Phi) is 4.45. The molecule has 1 N–H and O–H groups in total. The number of aromatic nitrogens is 2. The Labute approximate surface area is 153 Å². The first-order valence-electron chi connectivity index (χ1n) is 7.96. The molecule has 3 aromatic rings. The molecular weight excluding hydrogens is 358 g/mol. The Balaban J connectivity index is 1.37.